The number of aliphatic hydroxyl groups excluding tert-OH is 1. The van der Waals surface area contributed by atoms with Gasteiger partial charge in [0.2, 0.25) is 0 Å². The number of amides is 1. The number of aryl methyl sites for hydroxylation is 1. The Labute approximate surface area is 174 Å². The molecule has 7 heteroatoms. The molecule has 0 aliphatic carbocycles. The molecular formula is C22H24N2O4S. The Morgan fingerprint density at radius 1 is 1.14 bits per heavy atom. The van der Waals surface area contributed by atoms with Crippen LogP contribution in [0.4, 0.5) is 0 Å². The third kappa shape index (κ3) is 3.99. The van der Waals surface area contributed by atoms with E-state index in [-0.39, 0.29) is 11.3 Å². The van der Waals surface area contributed by atoms with Crippen LogP contribution in [0.5, 0.6) is 0 Å². The highest BCUT2D eigenvalue weighted by Crippen LogP contribution is 2.40. The van der Waals surface area contributed by atoms with Crippen LogP contribution in [0.2, 0.25) is 0 Å². The van der Waals surface area contributed by atoms with Gasteiger partial charge in [-0.3, -0.25) is 14.5 Å². The lowest BCUT2D eigenvalue weighted by molar-refractivity contribution is -0.140. The van der Waals surface area contributed by atoms with Crippen molar-refractivity contribution in [3.8, 4) is 0 Å². The van der Waals surface area contributed by atoms with E-state index in [4.69, 9.17) is 4.74 Å². The van der Waals surface area contributed by atoms with Crippen molar-refractivity contribution in [1.29, 1.82) is 0 Å². The first kappa shape index (κ1) is 19.8. The van der Waals surface area contributed by atoms with Crippen LogP contribution in [0.15, 0.2) is 47.4 Å². The number of morpholine rings is 1. The highest BCUT2D eigenvalue weighted by Gasteiger charge is 2.46. The summed E-state index contributed by atoms with van der Waals surface area (Å²) in [4.78, 5) is 30.5. The van der Waals surface area contributed by atoms with Crippen LogP contribution in [0, 0.1) is 6.92 Å². The summed E-state index contributed by atoms with van der Waals surface area (Å²) in [7, 11) is 0. The van der Waals surface area contributed by atoms with E-state index in [1.165, 1.54) is 11.3 Å². The van der Waals surface area contributed by atoms with Gasteiger partial charge in [0, 0.05) is 36.6 Å². The second kappa shape index (κ2) is 8.49. The lowest BCUT2D eigenvalue weighted by atomic mass is 9.99. The van der Waals surface area contributed by atoms with Crippen molar-refractivity contribution in [2.45, 2.75) is 13.0 Å². The number of likely N-dealkylation sites (tertiary alicyclic amines) is 1. The molecule has 2 saturated heterocycles. The number of benzene rings is 1. The molecule has 152 valence electrons. The third-order valence-corrected chi connectivity index (χ3v) is 6.36. The predicted octanol–water partition coefficient (Wildman–Crippen LogP) is 2.81. The molecule has 4 rings (SSSR count). The van der Waals surface area contributed by atoms with Crippen molar-refractivity contribution in [3.63, 3.8) is 0 Å². The topological polar surface area (TPSA) is 70.1 Å². The first-order valence-electron chi connectivity index (χ1n) is 9.75. The van der Waals surface area contributed by atoms with Crippen molar-refractivity contribution in [3.05, 3.63) is 63.4 Å². The minimum atomic E-state index is -0.622. The largest absolute Gasteiger partial charge is 0.507 e. The van der Waals surface area contributed by atoms with Crippen molar-refractivity contribution in [2.24, 2.45) is 0 Å². The first-order valence-corrected chi connectivity index (χ1v) is 10.6. The van der Waals surface area contributed by atoms with Gasteiger partial charge in [0.05, 0.1) is 24.8 Å². The van der Waals surface area contributed by atoms with Gasteiger partial charge >= 0.3 is 0 Å². The van der Waals surface area contributed by atoms with Crippen LogP contribution in [-0.2, 0) is 14.3 Å². The Kier molecular flexibility index (Phi) is 5.80. The number of carbonyl (C=O) groups is 2. The first-order chi connectivity index (χ1) is 14.1. The molecule has 1 aromatic carbocycles. The van der Waals surface area contributed by atoms with Crippen LogP contribution in [-0.4, -0.2) is 66.0 Å². The van der Waals surface area contributed by atoms with Gasteiger partial charge in [0.15, 0.2) is 0 Å². The predicted molar refractivity (Wildman–Crippen MR) is 112 cm³/mol. The van der Waals surface area contributed by atoms with Gasteiger partial charge < -0.3 is 14.7 Å². The molecule has 6 nitrogen and oxygen atoms in total. The summed E-state index contributed by atoms with van der Waals surface area (Å²) in [5.41, 5.74) is 1.77. The molecule has 0 bridgehead atoms. The molecule has 2 aromatic rings. The fourth-order valence-electron chi connectivity index (χ4n) is 3.79. The molecule has 0 unspecified atom stereocenters. The number of carbonyl (C=O) groups excluding carboxylic acids is 2. The summed E-state index contributed by atoms with van der Waals surface area (Å²) in [6.07, 6.45) is 0. The zero-order valence-corrected chi connectivity index (χ0v) is 17.2. The van der Waals surface area contributed by atoms with E-state index >= 15 is 0 Å². The summed E-state index contributed by atoms with van der Waals surface area (Å²) in [6.45, 7) is 6.05. The Hall–Kier alpha value is -2.48. The molecule has 0 saturated carbocycles. The van der Waals surface area contributed by atoms with Gasteiger partial charge in [-0.1, -0.05) is 35.9 Å². The maximum Gasteiger partial charge on any atom is 0.295 e. The molecule has 3 heterocycles. The Bertz CT molecular complexity index is 915. The van der Waals surface area contributed by atoms with Crippen LogP contribution >= 0.6 is 11.3 Å². The SMILES string of the molecule is Cc1ccc(C(O)=C2C(=O)C(=O)N(CCN3CCOCC3)[C@H]2c2cccs2)cc1. The number of ether oxygens (including phenoxy) is 1. The molecule has 2 aliphatic heterocycles. The summed E-state index contributed by atoms with van der Waals surface area (Å²) in [6, 6.07) is 10.6. The Morgan fingerprint density at radius 2 is 1.86 bits per heavy atom. The number of Topliss-reactive ketones (excluding diaryl/α,β-unsaturated/α-hetero) is 1. The highest BCUT2D eigenvalue weighted by atomic mass is 32.1. The van der Waals surface area contributed by atoms with Crippen molar-refractivity contribution in [2.75, 3.05) is 39.4 Å². The number of thiophene rings is 1. The standard InChI is InChI=1S/C22H24N2O4S/c1-15-4-6-16(7-5-15)20(25)18-19(17-3-2-14-29-17)24(22(27)21(18)26)9-8-23-10-12-28-13-11-23/h2-7,14,19,25H,8-13H2,1H3/t19-/m0/s1. The monoisotopic (exact) mass is 412 g/mol. The lowest BCUT2D eigenvalue weighted by Crippen LogP contribution is -2.42. The van der Waals surface area contributed by atoms with Crippen LogP contribution in [0.25, 0.3) is 5.76 Å². The summed E-state index contributed by atoms with van der Waals surface area (Å²) < 4.78 is 5.38. The van der Waals surface area contributed by atoms with Gasteiger partial charge in [-0.2, -0.15) is 0 Å². The number of aliphatic hydroxyl groups is 1. The van der Waals surface area contributed by atoms with Crippen LogP contribution in [0.1, 0.15) is 22.0 Å². The van der Waals surface area contributed by atoms with E-state index in [0.29, 0.717) is 31.9 Å². The summed E-state index contributed by atoms with van der Waals surface area (Å²) in [5.74, 6) is -1.29. The molecule has 1 N–H and O–H groups in total. The Morgan fingerprint density at radius 3 is 2.52 bits per heavy atom. The number of rotatable bonds is 5. The van der Waals surface area contributed by atoms with E-state index in [9.17, 15) is 14.7 Å². The average Bonchev–Trinajstić information content (AvgIpc) is 3.35. The zero-order valence-electron chi connectivity index (χ0n) is 16.3. The van der Waals surface area contributed by atoms with Crippen molar-refractivity contribution in [1.82, 2.24) is 9.80 Å². The summed E-state index contributed by atoms with van der Waals surface area (Å²) in [5, 5.41) is 12.9. The van der Waals surface area contributed by atoms with E-state index in [1.54, 1.807) is 17.0 Å². The van der Waals surface area contributed by atoms with Gasteiger partial charge in [0.1, 0.15) is 5.76 Å². The van der Waals surface area contributed by atoms with E-state index in [2.05, 4.69) is 4.90 Å². The number of hydrogen-bond acceptors (Lipinski definition) is 6. The smallest absolute Gasteiger partial charge is 0.295 e. The third-order valence-electron chi connectivity index (χ3n) is 5.44. The number of hydrogen-bond donors (Lipinski definition) is 1. The second-order valence-corrected chi connectivity index (χ2v) is 8.31. The number of ketones is 1. The number of nitrogens with zero attached hydrogens (tertiary/aromatic N) is 2. The van der Waals surface area contributed by atoms with Gasteiger partial charge in [-0.15, -0.1) is 11.3 Å². The van der Waals surface area contributed by atoms with Crippen LogP contribution < -0.4 is 0 Å². The highest BCUT2D eigenvalue weighted by molar-refractivity contribution is 7.10. The molecule has 29 heavy (non-hydrogen) atoms. The zero-order chi connectivity index (χ0) is 20.4. The van der Waals surface area contributed by atoms with Crippen molar-refractivity contribution >= 4 is 28.8 Å². The van der Waals surface area contributed by atoms with Gasteiger partial charge in [-0.25, -0.2) is 0 Å². The second-order valence-electron chi connectivity index (χ2n) is 7.33. The minimum absolute atomic E-state index is 0.115. The molecular weight excluding hydrogens is 388 g/mol. The van der Waals surface area contributed by atoms with Crippen LogP contribution in [0.3, 0.4) is 0 Å². The minimum Gasteiger partial charge on any atom is -0.507 e. The summed E-state index contributed by atoms with van der Waals surface area (Å²) >= 11 is 1.48. The van der Waals surface area contributed by atoms with E-state index < -0.39 is 17.7 Å². The van der Waals surface area contributed by atoms with Crippen molar-refractivity contribution < 1.29 is 19.4 Å². The Balaban J connectivity index is 1.68. The molecule has 1 amide bonds. The lowest BCUT2D eigenvalue weighted by Gasteiger charge is -2.30. The van der Waals surface area contributed by atoms with E-state index in [1.807, 2.05) is 36.6 Å². The quantitative estimate of drug-likeness (QED) is 0.465. The van der Waals surface area contributed by atoms with E-state index in [0.717, 1.165) is 23.5 Å². The fraction of sp³-hybridized carbons (Fsp3) is 0.364. The van der Waals surface area contributed by atoms with Gasteiger partial charge in [0.25, 0.3) is 11.7 Å². The fourth-order valence-corrected chi connectivity index (χ4v) is 4.64. The van der Waals surface area contributed by atoms with Gasteiger partial charge in [-0.05, 0) is 18.4 Å². The molecule has 0 spiro atoms. The normalized spacial score (nSPS) is 22.4. The molecule has 2 fully saturated rings. The molecule has 1 atom stereocenters. The molecule has 0 radical (unpaired) electrons. The molecule has 1 aromatic heterocycles. The maximum absolute atomic E-state index is 12.9. The maximum atomic E-state index is 12.9. The molecule has 2 aliphatic rings. The average molecular weight is 413 g/mol.